The van der Waals surface area contributed by atoms with Crippen molar-refractivity contribution in [3.63, 3.8) is 0 Å². The zero-order chi connectivity index (χ0) is 9.26. The van der Waals surface area contributed by atoms with Gasteiger partial charge in [-0.2, -0.15) is 0 Å². The van der Waals surface area contributed by atoms with Crippen molar-refractivity contribution in [3.05, 3.63) is 23.2 Å². The van der Waals surface area contributed by atoms with Gasteiger partial charge in [0.15, 0.2) is 0 Å². The van der Waals surface area contributed by atoms with Crippen LogP contribution in [0, 0.1) is 0 Å². The molecular weight excluding hydrogens is 206 g/mol. The number of nitrogens with zero attached hydrogens (tertiary/aromatic N) is 1. The zero-order valence-electron chi connectivity index (χ0n) is 7.08. The second kappa shape index (κ2) is 3.52. The Balaban J connectivity index is 2.57. The van der Waals surface area contributed by atoms with Gasteiger partial charge in [-0.3, -0.25) is 0 Å². The van der Waals surface area contributed by atoms with Crippen LogP contribution in [-0.4, -0.2) is 12.1 Å². The number of methoxy groups -OCH3 is 1. The van der Waals surface area contributed by atoms with Crippen LogP contribution in [0.2, 0.25) is 0 Å². The normalized spacial score (nSPS) is 10.6. The minimum absolute atomic E-state index is 0.474. The average molecular weight is 214 g/mol. The fourth-order valence-electron chi connectivity index (χ4n) is 1.14. The summed E-state index contributed by atoms with van der Waals surface area (Å²) in [5, 5.41) is 0.949. The van der Waals surface area contributed by atoms with Gasteiger partial charge >= 0.3 is 0 Å². The smallest absolute Gasteiger partial charge is 0.121 e. The molecule has 0 aliphatic rings. The van der Waals surface area contributed by atoms with E-state index in [0.29, 0.717) is 5.88 Å². The maximum Gasteiger partial charge on any atom is 0.121 e. The Morgan fingerprint density at radius 3 is 3.08 bits per heavy atom. The van der Waals surface area contributed by atoms with Crippen LogP contribution in [-0.2, 0) is 5.88 Å². The fraction of sp³-hybridized carbons (Fsp3) is 0.222. The molecule has 0 unspecified atom stereocenters. The van der Waals surface area contributed by atoms with Crippen molar-refractivity contribution in [1.29, 1.82) is 0 Å². The summed E-state index contributed by atoms with van der Waals surface area (Å²) in [5.74, 6) is 1.31. The number of alkyl halides is 1. The van der Waals surface area contributed by atoms with Gasteiger partial charge in [0.2, 0.25) is 0 Å². The number of ether oxygens (including phenoxy) is 1. The first-order valence-corrected chi connectivity index (χ1v) is 5.18. The number of hydrogen-bond acceptors (Lipinski definition) is 3. The summed E-state index contributed by atoms with van der Waals surface area (Å²) in [6.07, 6.45) is 0. The van der Waals surface area contributed by atoms with Crippen molar-refractivity contribution in [2.75, 3.05) is 7.11 Å². The third-order valence-electron chi connectivity index (χ3n) is 1.75. The van der Waals surface area contributed by atoms with Gasteiger partial charge in [-0.05, 0) is 12.1 Å². The Morgan fingerprint density at radius 1 is 1.54 bits per heavy atom. The van der Waals surface area contributed by atoms with Gasteiger partial charge in [-0.1, -0.05) is 0 Å². The first-order valence-electron chi connectivity index (χ1n) is 3.83. The summed E-state index contributed by atoms with van der Waals surface area (Å²) in [6.45, 7) is 0. The first-order chi connectivity index (χ1) is 6.33. The Kier molecular flexibility index (Phi) is 2.38. The molecule has 2 nitrogen and oxygen atoms in total. The van der Waals surface area contributed by atoms with Crippen LogP contribution in [0.25, 0.3) is 10.2 Å². The lowest BCUT2D eigenvalue weighted by molar-refractivity contribution is 0.415. The van der Waals surface area contributed by atoms with Crippen molar-refractivity contribution in [3.8, 4) is 5.75 Å². The predicted molar refractivity (Wildman–Crippen MR) is 55.7 cm³/mol. The van der Waals surface area contributed by atoms with Gasteiger partial charge in [-0.15, -0.1) is 22.9 Å². The monoisotopic (exact) mass is 213 g/mol. The number of benzene rings is 1. The molecule has 2 rings (SSSR count). The maximum absolute atomic E-state index is 5.69. The van der Waals surface area contributed by atoms with Crippen molar-refractivity contribution in [2.24, 2.45) is 0 Å². The molecule has 0 spiro atoms. The van der Waals surface area contributed by atoms with E-state index in [0.717, 1.165) is 21.0 Å². The van der Waals surface area contributed by atoms with Gasteiger partial charge in [0, 0.05) is 6.07 Å². The van der Waals surface area contributed by atoms with E-state index in [1.807, 2.05) is 18.2 Å². The average Bonchev–Trinajstić information content (AvgIpc) is 2.58. The summed E-state index contributed by atoms with van der Waals surface area (Å²) in [5.41, 5.74) is 0.958. The Hall–Kier alpha value is -0.800. The van der Waals surface area contributed by atoms with Crippen molar-refractivity contribution >= 4 is 33.2 Å². The van der Waals surface area contributed by atoms with Crippen LogP contribution < -0.4 is 4.74 Å². The molecule has 0 aliphatic heterocycles. The molecule has 0 bridgehead atoms. The van der Waals surface area contributed by atoms with Gasteiger partial charge < -0.3 is 4.74 Å². The van der Waals surface area contributed by atoms with E-state index in [-0.39, 0.29) is 0 Å². The van der Waals surface area contributed by atoms with Gasteiger partial charge in [0.1, 0.15) is 10.8 Å². The number of fused-ring (bicyclic) bond motifs is 1. The lowest BCUT2D eigenvalue weighted by Gasteiger charge is -1.96. The van der Waals surface area contributed by atoms with E-state index in [1.54, 1.807) is 18.4 Å². The first kappa shape index (κ1) is 8.78. The molecule has 2 aromatic rings. The van der Waals surface area contributed by atoms with Crippen LogP contribution >= 0.6 is 22.9 Å². The van der Waals surface area contributed by atoms with Crippen molar-refractivity contribution in [1.82, 2.24) is 4.98 Å². The number of hydrogen-bond donors (Lipinski definition) is 0. The number of thiazole rings is 1. The molecule has 1 aromatic heterocycles. The lowest BCUT2D eigenvalue weighted by Crippen LogP contribution is -1.81. The molecule has 4 heteroatoms. The number of rotatable bonds is 2. The van der Waals surface area contributed by atoms with Crippen molar-refractivity contribution < 1.29 is 4.74 Å². The third kappa shape index (κ3) is 1.62. The molecule has 0 N–H and O–H groups in total. The second-order valence-electron chi connectivity index (χ2n) is 2.57. The van der Waals surface area contributed by atoms with E-state index in [4.69, 9.17) is 16.3 Å². The van der Waals surface area contributed by atoms with E-state index in [9.17, 15) is 0 Å². The highest BCUT2D eigenvalue weighted by molar-refractivity contribution is 7.18. The molecule has 1 aromatic carbocycles. The Labute approximate surface area is 85.1 Å². The summed E-state index contributed by atoms with van der Waals surface area (Å²) in [7, 11) is 1.65. The minimum atomic E-state index is 0.474. The van der Waals surface area contributed by atoms with E-state index >= 15 is 0 Å². The Morgan fingerprint density at radius 2 is 2.38 bits per heavy atom. The maximum atomic E-state index is 5.69. The summed E-state index contributed by atoms with van der Waals surface area (Å²) >= 11 is 7.31. The third-order valence-corrected chi connectivity index (χ3v) is 3.20. The van der Waals surface area contributed by atoms with E-state index in [1.165, 1.54) is 0 Å². The second-order valence-corrected chi connectivity index (χ2v) is 3.96. The molecule has 68 valence electrons. The highest BCUT2D eigenvalue weighted by Crippen LogP contribution is 2.26. The molecule has 0 amide bonds. The summed E-state index contributed by atoms with van der Waals surface area (Å²) in [6, 6.07) is 5.85. The van der Waals surface area contributed by atoms with Gasteiger partial charge in [0.05, 0.1) is 23.2 Å². The fourth-order valence-corrected chi connectivity index (χ4v) is 2.16. The molecule has 1 heterocycles. The van der Waals surface area contributed by atoms with Crippen LogP contribution in [0.3, 0.4) is 0 Å². The molecule has 0 radical (unpaired) electrons. The number of halogens is 1. The SMILES string of the molecule is COc1ccc2sc(CCl)nc2c1. The summed E-state index contributed by atoms with van der Waals surface area (Å²) in [4.78, 5) is 4.35. The topological polar surface area (TPSA) is 22.1 Å². The highest BCUT2D eigenvalue weighted by Gasteiger charge is 2.03. The van der Waals surface area contributed by atoms with Gasteiger partial charge in [-0.25, -0.2) is 4.98 Å². The zero-order valence-corrected chi connectivity index (χ0v) is 8.65. The molecule has 0 saturated heterocycles. The predicted octanol–water partition coefficient (Wildman–Crippen LogP) is 3.04. The molecule has 0 atom stereocenters. The Bertz CT molecular complexity index is 424. The van der Waals surface area contributed by atoms with Gasteiger partial charge in [0.25, 0.3) is 0 Å². The van der Waals surface area contributed by atoms with Crippen LogP contribution in [0.1, 0.15) is 5.01 Å². The number of aromatic nitrogens is 1. The summed E-state index contributed by atoms with van der Waals surface area (Å²) < 4.78 is 6.25. The lowest BCUT2D eigenvalue weighted by atomic mass is 10.3. The van der Waals surface area contributed by atoms with Crippen LogP contribution in [0.5, 0.6) is 5.75 Å². The quantitative estimate of drug-likeness (QED) is 0.716. The van der Waals surface area contributed by atoms with E-state index < -0.39 is 0 Å². The largest absolute Gasteiger partial charge is 0.497 e. The minimum Gasteiger partial charge on any atom is -0.497 e. The standard InChI is InChI=1S/C9H8ClNOS/c1-12-6-2-3-8-7(4-6)11-9(5-10)13-8/h2-4H,5H2,1H3. The molecular formula is C9H8ClNOS. The highest BCUT2D eigenvalue weighted by atomic mass is 35.5. The van der Waals surface area contributed by atoms with Crippen LogP contribution in [0.15, 0.2) is 18.2 Å². The van der Waals surface area contributed by atoms with Crippen LogP contribution in [0.4, 0.5) is 0 Å². The molecule has 0 fully saturated rings. The molecule has 13 heavy (non-hydrogen) atoms. The molecule has 0 aliphatic carbocycles. The van der Waals surface area contributed by atoms with Crippen molar-refractivity contribution in [2.45, 2.75) is 5.88 Å². The van der Waals surface area contributed by atoms with E-state index in [2.05, 4.69) is 4.98 Å². The molecule has 0 saturated carbocycles.